The molecule has 1 N–H and O–H groups in total. The van der Waals surface area contributed by atoms with Crippen molar-refractivity contribution in [2.45, 2.75) is 6.92 Å². The largest absolute Gasteiger partial charge is 0.496 e. The van der Waals surface area contributed by atoms with Crippen LogP contribution in [0.25, 0.3) is 11.0 Å². The van der Waals surface area contributed by atoms with Gasteiger partial charge in [0.15, 0.2) is 0 Å². The van der Waals surface area contributed by atoms with E-state index in [1.165, 1.54) is 20.3 Å². The van der Waals surface area contributed by atoms with Gasteiger partial charge in [-0.1, -0.05) is 0 Å². The number of carboxylic acid groups (broad SMARTS) is 1. The van der Waals surface area contributed by atoms with Crippen molar-refractivity contribution in [3.63, 3.8) is 0 Å². The average Bonchev–Trinajstić information content (AvgIpc) is 2.72. The predicted octanol–water partition coefficient (Wildman–Crippen LogP) is 2.46. The standard InChI is InChI=1S/C12H12O5/c1-6-8(15-2)5-9-7(11(6)16-3)4-10(17-9)12(13)14/h4-5H,1-3H3,(H,13,14). The summed E-state index contributed by atoms with van der Waals surface area (Å²) >= 11 is 0. The molecule has 90 valence electrons. The van der Waals surface area contributed by atoms with Crippen molar-refractivity contribution in [3.8, 4) is 11.5 Å². The van der Waals surface area contributed by atoms with Crippen LogP contribution in [-0.4, -0.2) is 25.3 Å². The Morgan fingerprint density at radius 1 is 1.29 bits per heavy atom. The molecule has 0 fully saturated rings. The predicted molar refractivity (Wildman–Crippen MR) is 61.0 cm³/mol. The number of ether oxygens (including phenoxy) is 2. The number of hydrogen-bond donors (Lipinski definition) is 1. The maximum absolute atomic E-state index is 10.8. The van der Waals surface area contributed by atoms with Crippen molar-refractivity contribution in [2.75, 3.05) is 14.2 Å². The number of carboxylic acids is 1. The fourth-order valence-electron chi connectivity index (χ4n) is 1.81. The number of hydrogen-bond acceptors (Lipinski definition) is 4. The molecule has 2 aromatic rings. The fraction of sp³-hybridized carbons (Fsp3) is 0.250. The second-order valence-corrected chi connectivity index (χ2v) is 3.56. The summed E-state index contributed by atoms with van der Waals surface area (Å²) in [7, 11) is 3.06. The molecule has 1 heterocycles. The van der Waals surface area contributed by atoms with Crippen LogP contribution in [0.2, 0.25) is 0 Å². The van der Waals surface area contributed by atoms with Crippen molar-refractivity contribution in [2.24, 2.45) is 0 Å². The third kappa shape index (κ3) is 1.69. The second kappa shape index (κ2) is 4.01. The fourth-order valence-corrected chi connectivity index (χ4v) is 1.81. The molecule has 2 rings (SSSR count). The number of benzene rings is 1. The molecular weight excluding hydrogens is 224 g/mol. The van der Waals surface area contributed by atoms with E-state index in [0.29, 0.717) is 22.5 Å². The molecule has 0 atom stereocenters. The van der Waals surface area contributed by atoms with Crippen LogP contribution in [-0.2, 0) is 0 Å². The number of rotatable bonds is 3. The highest BCUT2D eigenvalue weighted by molar-refractivity contribution is 5.95. The van der Waals surface area contributed by atoms with Crippen LogP contribution in [0.5, 0.6) is 11.5 Å². The van der Waals surface area contributed by atoms with E-state index in [1.807, 2.05) is 6.92 Å². The number of fused-ring (bicyclic) bond motifs is 1. The van der Waals surface area contributed by atoms with E-state index in [-0.39, 0.29) is 5.76 Å². The van der Waals surface area contributed by atoms with Crippen molar-refractivity contribution in [1.29, 1.82) is 0 Å². The molecule has 0 bridgehead atoms. The van der Waals surface area contributed by atoms with E-state index in [1.54, 1.807) is 6.07 Å². The van der Waals surface area contributed by atoms with Crippen LogP contribution in [0, 0.1) is 6.92 Å². The number of methoxy groups -OCH3 is 2. The lowest BCUT2D eigenvalue weighted by molar-refractivity contribution is 0.0665. The Morgan fingerprint density at radius 2 is 2.00 bits per heavy atom. The number of aromatic carboxylic acids is 1. The highest BCUT2D eigenvalue weighted by Gasteiger charge is 2.18. The van der Waals surface area contributed by atoms with Gasteiger partial charge in [-0.05, 0) is 6.92 Å². The minimum absolute atomic E-state index is 0.119. The smallest absolute Gasteiger partial charge is 0.371 e. The molecule has 1 aromatic carbocycles. The minimum Gasteiger partial charge on any atom is -0.496 e. The molecule has 0 unspecified atom stereocenters. The van der Waals surface area contributed by atoms with Gasteiger partial charge in [0.05, 0.1) is 19.6 Å². The van der Waals surface area contributed by atoms with E-state index >= 15 is 0 Å². The molecule has 0 radical (unpaired) electrons. The maximum atomic E-state index is 10.8. The van der Waals surface area contributed by atoms with Gasteiger partial charge in [-0.25, -0.2) is 4.79 Å². The minimum atomic E-state index is -1.11. The van der Waals surface area contributed by atoms with Gasteiger partial charge in [-0.2, -0.15) is 0 Å². The third-order valence-electron chi connectivity index (χ3n) is 2.61. The molecular formula is C12H12O5. The maximum Gasteiger partial charge on any atom is 0.371 e. The summed E-state index contributed by atoms with van der Waals surface area (Å²) in [4.78, 5) is 10.8. The van der Waals surface area contributed by atoms with Crippen LogP contribution in [0.1, 0.15) is 16.1 Å². The summed E-state index contributed by atoms with van der Waals surface area (Å²) in [6, 6.07) is 3.10. The Labute approximate surface area is 97.6 Å². The van der Waals surface area contributed by atoms with Crippen LogP contribution in [0.4, 0.5) is 0 Å². The highest BCUT2D eigenvalue weighted by Crippen LogP contribution is 2.37. The summed E-state index contributed by atoms with van der Waals surface area (Å²) in [5.41, 5.74) is 1.24. The summed E-state index contributed by atoms with van der Waals surface area (Å²) < 4.78 is 15.6. The van der Waals surface area contributed by atoms with Crippen molar-refractivity contribution < 1.29 is 23.8 Å². The van der Waals surface area contributed by atoms with Crippen molar-refractivity contribution in [3.05, 3.63) is 23.5 Å². The molecule has 0 saturated heterocycles. The van der Waals surface area contributed by atoms with Gasteiger partial charge in [0.1, 0.15) is 17.1 Å². The van der Waals surface area contributed by atoms with Gasteiger partial charge in [0.2, 0.25) is 5.76 Å². The van der Waals surface area contributed by atoms with Crippen LogP contribution in [0.3, 0.4) is 0 Å². The normalized spacial score (nSPS) is 10.5. The Kier molecular flexibility index (Phi) is 2.67. The first-order chi connectivity index (χ1) is 8.08. The van der Waals surface area contributed by atoms with Gasteiger partial charge >= 0.3 is 5.97 Å². The Hall–Kier alpha value is -2.17. The molecule has 17 heavy (non-hydrogen) atoms. The summed E-state index contributed by atoms with van der Waals surface area (Å²) in [6.45, 7) is 1.84. The van der Waals surface area contributed by atoms with Gasteiger partial charge in [-0.3, -0.25) is 0 Å². The van der Waals surface area contributed by atoms with Crippen LogP contribution >= 0.6 is 0 Å². The van der Waals surface area contributed by atoms with Crippen molar-refractivity contribution >= 4 is 16.9 Å². The molecule has 0 spiro atoms. The molecule has 0 aliphatic heterocycles. The first-order valence-electron chi connectivity index (χ1n) is 4.97. The SMILES string of the molecule is COc1cc2oc(C(=O)O)cc2c(OC)c1C. The second-order valence-electron chi connectivity index (χ2n) is 3.56. The zero-order valence-corrected chi connectivity index (χ0v) is 9.73. The van der Waals surface area contributed by atoms with Gasteiger partial charge < -0.3 is 19.0 Å². The molecule has 0 aliphatic carbocycles. The van der Waals surface area contributed by atoms with Crippen LogP contribution in [0.15, 0.2) is 16.5 Å². The molecule has 1 aromatic heterocycles. The lowest BCUT2D eigenvalue weighted by Gasteiger charge is -2.09. The Balaban J connectivity index is 2.78. The lowest BCUT2D eigenvalue weighted by atomic mass is 10.1. The first kappa shape index (κ1) is 11.3. The summed E-state index contributed by atoms with van der Waals surface area (Å²) in [6.07, 6.45) is 0. The van der Waals surface area contributed by atoms with E-state index in [0.717, 1.165) is 5.56 Å². The number of furan rings is 1. The zero-order valence-electron chi connectivity index (χ0n) is 9.73. The van der Waals surface area contributed by atoms with Gasteiger partial charge in [-0.15, -0.1) is 0 Å². The van der Waals surface area contributed by atoms with E-state index in [9.17, 15) is 4.79 Å². The number of carbonyl (C=O) groups is 1. The van der Waals surface area contributed by atoms with Crippen molar-refractivity contribution in [1.82, 2.24) is 0 Å². The lowest BCUT2D eigenvalue weighted by Crippen LogP contribution is -1.92. The van der Waals surface area contributed by atoms with Gasteiger partial charge in [0.25, 0.3) is 0 Å². The van der Waals surface area contributed by atoms with E-state index < -0.39 is 5.97 Å². The highest BCUT2D eigenvalue weighted by atomic mass is 16.5. The Bertz CT molecular complexity index is 582. The van der Waals surface area contributed by atoms with Crippen LogP contribution < -0.4 is 9.47 Å². The first-order valence-corrected chi connectivity index (χ1v) is 4.97. The molecule has 5 heteroatoms. The van der Waals surface area contributed by atoms with Gasteiger partial charge in [0, 0.05) is 17.7 Å². The topological polar surface area (TPSA) is 68.9 Å². The van der Waals surface area contributed by atoms with E-state index in [4.69, 9.17) is 19.0 Å². The summed E-state index contributed by atoms with van der Waals surface area (Å²) in [5.74, 6) is -0.0675. The third-order valence-corrected chi connectivity index (χ3v) is 2.61. The van der Waals surface area contributed by atoms with E-state index in [2.05, 4.69) is 0 Å². The molecule has 0 aliphatic rings. The summed E-state index contributed by atoms with van der Waals surface area (Å²) in [5, 5.41) is 9.51. The molecule has 0 saturated carbocycles. The molecule has 5 nitrogen and oxygen atoms in total. The average molecular weight is 236 g/mol. The quantitative estimate of drug-likeness (QED) is 0.886. The zero-order chi connectivity index (χ0) is 12.6. The Morgan fingerprint density at radius 3 is 2.53 bits per heavy atom. The monoisotopic (exact) mass is 236 g/mol. The molecule has 0 amide bonds.